The molecule has 158 valence electrons. The zero-order chi connectivity index (χ0) is 20.9. The van der Waals surface area contributed by atoms with Crippen molar-refractivity contribution in [2.45, 2.75) is 13.3 Å². The summed E-state index contributed by atoms with van der Waals surface area (Å²) < 4.78 is 11.1. The van der Waals surface area contributed by atoms with Crippen molar-refractivity contribution < 1.29 is 14.3 Å². The molecule has 7 heteroatoms. The highest BCUT2D eigenvalue weighted by atomic mass is 35.5. The van der Waals surface area contributed by atoms with Gasteiger partial charge in [-0.2, -0.15) is 0 Å². The lowest BCUT2D eigenvalue weighted by atomic mass is 9.98. The third-order valence-electron chi connectivity index (χ3n) is 5.41. The van der Waals surface area contributed by atoms with E-state index >= 15 is 0 Å². The Morgan fingerprint density at radius 3 is 2.73 bits per heavy atom. The van der Waals surface area contributed by atoms with E-state index in [0.717, 1.165) is 24.3 Å². The van der Waals surface area contributed by atoms with Gasteiger partial charge in [-0.3, -0.25) is 4.79 Å². The summed E-state index contributed by atoms with van der Waals surface area (Å²) >= 11 is 6.53. The zero-order valence-electron chi connectivity index (χ0n) is 17.1. The fourth-order valence-electron chi connectivity index (χ4n) is 3.85. The van der Waals surface area contributed by atoms with Crippen LogP contribution < -0.4 is 9.64 Å². The van der Waals surface area contributed by atoms with E-state index in [1.807, 2.05) is 25.1 Å². The standard InChI is InChI=1S/C23H26ClN3O3/c1-2-30-21-6-4-3-5-19(21)17-7-9-26(10-8-17)22-20(24)15-18(16-25-22)23(28)27-11-13-29-14-12-27/h3-7,15-16H,2,8-14H2,1H3. The van der Waals surface area contributed by atoms with E-state index in [9.17, 15) is 4.79 Å². The van der Waals surface area contributed by atoms with Crippen molar-refractivity contribution in [3.8, 4) is 5.75 Å². The molecule has 2 aliphatic rings. The molecular weight excluding hydrogens is 402 g/mol. The number of anilines is 1. The number of aromatic nitrogens is 1. The minimum Gasteiger partial charge on any atom is -0.493 e. The van der Waals surface area contributed by atoms with Gasteiger partial charge < -0.3 is 19.3 Å². The lowest BCUT2D eigenvalue weighted by molar-refractivity contribution is 0.0302. The number of halogens is 1. The molecule has 1 aromatic carbocycles. The van der Waals surface area contributed by atoms with Gasteiger partial charge >= 0.3 is 0 Å². The number of ether oxygens (including phenoxy) is 2. The van der Waals surface area contributed by atoms with Gasteiger partial charge in [-0.1, -0.05) is 35.9 Å². The Kier molecular flexibility index (Phi) is 6.55. The Morgan fingerprint density at radius 1 is 1.23 bits per heavy atom. The van der Waals surface area contributed by atoms with E-state index in [1.165, 1.54) is 5.57 Å². The quantitative estimate of drug-likeness (QED) is 0.724. The van der Waals surface area contributed by atoms with Gasteiger partial charge in [0.15, 0.2) is 0 Å². The highest BCUT2D eigenvalue weighted by Gasteiger charge is 2.22. The molecule has 0 spiro atoms. The molecule has 0 radical (unpaired) electrons. The van der Waals surface area contributed by atoms with Crippen molar-refractivity contribution in [1.82, 2.24) is 9.88 Å². The number of benzene rings is 1. The maximum atomic E-state index is 12.7. The minimum atomic E-state index is -0.0485. The normalized spacial score (nSPS) is 16.9. The average Bonchev–Trinajstić information content (AvgIpc) is 2.80. The van der Waals surface area contributed by atoms with Crippen LogP contribution in [0.2, 0.25) is 5.02 Å². The van der Waals surface area contributed by atoms with Crippen LogP contribution in [0.25, 0.3) is 5.57 Å². The van der Waals surface area contributed by atoms with Gasteiger partial charge in [-0.25, -0.2) is 4.98 Å². The van der Waals surface area contributed by atoms with Crippen LogP contribution in [-0.4, -0.2) is 61.8 Å². The van der Waals surface area contributed by atoms with Crippen LogP contribution >= 0.6 is 11.6 Å². The number of amides is 1. The average molecular weight is 428 g/mol. The Balaban J connectivity index is 1.48. The molecule has 3 heterocycles. The third-order valence-corrected chi connectivity index (χ3v) is 5.69. The first-order valence-corrected chi connectivity index (χ1v) is 10.7. The Morgan fingerprint density at radius 2 is 2.03 bits per heavy atom. The summed E-state index contributed by atoms with van der Waals surface area (Å²) in [5.74, 6) is 1.58. The molecule has 0 saturated carbocycles. The van der Waals surface area contributed by atoms with Crippen molar-refractivity contribution in [2.75, 3.05) is 50.9 Å². The predicted molar refractivity (Wildman–Crippen MR) is 118 cm³/mol. The van der Waals surface area contributed by atoms with E-state index in [2.05, 4.69) is 22.0 Å². The van der Waals surface area contributed by atoms with Crippen LogP contribution in [0.3, 0.4) is 0 Å². The summed E-state index contributed by atoms with van der Waals surface area (Å²) in [6, 6.07) is 9.87. The summed E-state index contributed by atoms with van der Waals surface area (Å²) in [5.41, 5.74) is 2.93. The molecular formula is C23H26ClN3O3. The Labute approximate surface area is 182 Å². The number of pyridine rings is 1. The van der Waals surface area contributed by atoms with Crippen LogP contribution in [0.15, 0.2) is 42.6 Å². The van der Waals surface area contributed by atoms with Gasteiger partial charge in [0, 0.05) is 37.9 Å². The van der Waals surface area contributed by atoms with Gasteiger partial charge in [0.25, 0.3) is 5.91 Å². The maximum absolute atomic E-state index is 12.7. The number of para-hydroxylation sites is 1. The molecule has 1 saturated heterocycles. The second kappa shape index (κ2) is 9.49. The third kappa shape index (κ3) is 4.45. The number of carbonyl (C=O) groups is 1. The number of morpholine rings is 1. The second-order valence-corrected chi connectivity index (χ2v) is 7.70. The predicted octanol–water partition coefficient (Wildman–Crippen LogP) is 3.90. The lowest BCUT2D eigenvalue weighted by Crippen LogP contribution is -2.40. The SMILES string of the molecule is CCOc1ccccc1C1=CCN(c2ncc(C(=O)N3CCOCC3)cc2Cl)CC1. The van der Waals surface area contributed by atoms with Crippen LogP contribution in [0, 0.1) is 0 Å². The summed E-state index contributed by atoms with van der Waals surface area (Å²) in [4.78, 5) is 21.1. The molecule has 0 unspecified atom stereocenters. The van der Waals surface area contributed by atoms with Crippen molar-refractivity contribution in [3.05, 3.63) is 58.8 Å². The van der Waals surface area contributed by atoms with Crippen molar-refractivity contribution in [1.29, 1.82) is 0 Å². The molecule has 1 amide bonds. The molecule has 0 atom stereocenters. The molecule has 0 aliphatic carbocycles. The largest absolute Gasteiger partial charge is 0.493 e. The van der Waals surface area contributed by atoms with Gasteiger partial charge in [0.2, 0.25) is 0 Å². The second-order valence-electron chi connectivity index (χ2n) is 7.29. The molecule has 2 aliphatic heterocycles. The summed E-state index contributed by atoms with van der Waals surface area (Å²) in [6.07, 6.45) is 4.70. The molecule has 30 heavy (non-hydrogen) atoms. The van der Waals surface area contributed by atoms with E-state index in [-0.39, 0.29) is 5.91 Å². The number of rotatable bonds is 5. The molecule has 1 aromatic heterocycles. The first-order valence-electron chi connectivity index (χ1n) is 10.4. The fourth-order valence-corrected chi connectivity index (χ4v) is 4.13. The highest BCUT2D eigenvalue weighted by Crippen LogP contribution is 2.33. The smallest absolute Gasteiger partial charge is 0.255 e. The van der Waals surface area contributed by atoms with E-state index in [0.29, 0.717) is 55.9 Å². The summed E-state index contributed by atoms with van der Waals surface area (Å²) in [6.45, 7) is 6.48. The van der Waals surface area contributed by atoms with Crippen LogP contribution in [-0.2, 0) is 4.74 Å². The Hall–Kier alpha value is -2.57. The maximum Gasteiger partial charge on any atom is 0.255 e. The summed E-state index contributed by atoms with van der Waals surface area (Å²) in [7, 11) is 0. The number of hydrogen-bond donors (Lipinski definition) is 0. The molecule has 4 rings (SSSR count). The van der Waals surface area contributed by atoms with Crippen LogP contribution in [0.1, 0.15) is 29.3 Å². The van der Waals surface area contributed by atoms with E-state index < -0.39 is 0 Å². The van der Waals surface area contributed by atoms with Gasteiger partial charge in [-0.15, -0.1) is 0 Å². The highest BCUT2D eigenvalue weighted by molar-refractivity contribution is 6.33. The van der Waals surface area contributed by atoms with E-state index in [4.69, 9.17) is 21.1 Å². The lowest BCUT2D eigenvalue weighted by Gasteiger charge is -2.29. The molecule has 2 aromatic rings. The zero-order valence-corrected chi connectivity index (χ0v) is 17.9. The van der Waals surface area contributed by atoms with Gasteiger partial charge in [0.1, 0.15) is 11.6 Å². The van der Waals surface area contributed by atoms with E-state index in [1.54, 1.807) is 17.2 Å². The number of hydrogen-bond acceptors (Lipinski definition) is 5. The van der Waals surface area contributed by atoms with Gasteiger partial charge in [-0.05, 0) is 31.1 Å². The topological polar surface area (TPSA) is 54.9 Å². The molecule has 6 nitrogen and oxygen atoms in total. The molecule has 1 fully saturated rings. The summed E-state index contributed by atoms with van der Waals surface area (Å²) in [5, 5.41) is 0.501. The van der Waals surface area contributed by atoms with Crippen molar-refractivity contribution >= 4 is 28.9 Å². The molecule has 0 N–H and O–H groups in total. The number of carbonyl (C=O) groups excluding carboxylic acids is 1. The monoisotopic (exact) mass is 427 g/mol. The van der Waals surface area contributed by atoms with Crippen LogP contribution in [0.5, 0.6) is 5.75 Å². The number of nitrogens with zero attached hydrogens (tertiary/aromatic N) is 3. The first kappa shape index (κ1) is 20.7. The van der Waals surface area contributed by atoms with Crippen LogP contribution in [0.4, 0.5) is 5.82 Å². The minimum absolute atomic E-state index is 0.0485. The molecule has 0 bridgehead atoms. The fraction of sp³-hybridized carbons (Fsp3) is 0.391. The van der Waals surface area contributed by atoms with Crippen molar-refractivity contribution in [2.24, 2.45) is 0 Å². The first-order chi connectivity index (χ1) is 14.7. The van der Waals surface area contributed by atoms with Gasteiger partial charge in [0.05, 0.1) is 30.4 Å². The van der Waals surface area contributed by atoms with Crippen molar-refractivity contribution in [3.63, 3.8) is 0 Å². The Bertz CT molecular complexity index is 941.